The van der Waals surface area contributed by atoms with E-state index < -0.39 is 5.54 Å². The number of likely N-dealkylation sites (tertiary alicyclic amines) is 1. The van der Waals surface area contributed by atoms with Gasteiger partial charge in [0.05, 0.1) is 19.8 Å². The number of nitrogens with zero attached hydrogens (tertiary/aromatic N) is 1. The van der Waals surface area contributed by atoms with E-state index in [1.165, 1.54) is 7.11 Å². The minimum atomic E-state index is -0.621. The van der Waals surface area contributed by atoms with E-state index in [0.29, 0.717) is 0 Å². The fraction of sp³-hybridized carbons (Fsp3) is 0.269. The molecule has 0 saturated carbocycles. The van der Waals surface area contributed by atoms with E-state index in [1.807, 2.05) is 24.3 Å². The first kappa shape index (κ1) is 20.2. The first-order valence-electron chi connectivity index (χ1n) is 10.3. The monoisotopic (exact) mass is 401 g/mol. The second-order valence-corrected chi connectivity index (χ2v) is 7.55. The number of esters is 1. The minimum Gasteiger partial charge on any atom is -0.497 e. The molecule has 4 rings (SSSR count). The SMILES string of the molecule is COC(=O)C1CCCN1C(c1ccccc1)(c1ccccc1)c1ccc(OC)cc1. The molecule has 0 spiro atoms. The highest BCUT2D eigenvalue weighted by Gasteiger charge is 2.49. The lowest BCUT2D eigenvalue weighted by Gasteiger charge is -2.45. The maximum Gasteiger partial charge on any atom is 0.323 e. The molecule has 0 N–H and O–H groups in total. The predicted octanol–water partition coefficient (Wildman–Crippen LogP) is 4.62. The Morgan fingerprint density at radius 2 is 1.37 bits per heavy atom. The number of benzene rings is 3. The molecule has 0 aliphatic carbocycles. The average Bonchev–Trinajstić information content (AvgIpc) is 3.31. The molecule has 1 unspecified atom stereocenters. The molecular formula is C26H27NO3. The summed E-state index contributed by atoms with van der Waals surface area (Å²) in [6.07, 6.45) is 1.72. The zero-order chi connectivity index (χ0) is 21.0. The van der Waals surface area contributed by atoms with Crippen molar-refractivity contribution in [2.75, 3.05) is 20.8 Å². The van der Waals surface area contributed by atoms with Gasteiger partial charge in [-0.15, -0.1) is 0 Å². The number of hydrogen-bond acceptors (Lipinski definition) is 4. The van der Waals surface area contributed by atoms with Crippen molar-refractivity contribution < 1.29 is 14.3 Å². The molecule has 154 valence electrons. The highest BCUT2D eigenvalue weighted by atomic mass is 16.5. The van der Waals surface area contributed by atoms with Crippen LogP contribution in [0.15, 0.2) is 84.9 Å². The van der Waals surface area contributed by atoms with Gasteiger partial charge in [0.25, 0.3) is 0 Å². The maximum absolute atomic E-state index is 12.8. The molecule has 1 aliphatic heterocycles. The third-order valence-corrected chi connectivity index (χ3v) is 6.05. The first-order valence-corrected chi connectivity index (χ1v) is 10.3. The van der Waals surface area contributed by atoms with Crippen LogP contribution in [0.5, 0.6) is 5.75 Å². The Kier molecular flexibility index (Phi) is 5.86. The summed E-state index contributed by atoms with van der Waals surface area (Å²) in [6.45, 7) is 0.801. The number of rotatable bonds is 6. The summed E-state index contributed by atoms with van der Waals surface area (Å²) in [5, 5.41) is 0. The summed E-state index contributed by atoms with van der Waals surface area (Å²) < 4.78 is 10.6. The van der Waals surface area contributed by atoms with Crippen LogP contribution in [-0.2, 0) is 15.1 Å². The summed E-state index contributed by atoms with van der Waals surface area (Å²) in [5.41, 5.74) is 2.72. The van der Waals surface area contributed by atoms with E-state index in [4.69, 9.17) is 9.47 Å². The largest absolute Gasteiger partial charge is 0.497 e. The van der Waals surface area contributed by atoms with Crippen molar-refractivity contribution >= 4 is 5.97 Å². The van der Waals surface area contributed by atoms with Crippen LogP contribution in [0.25, 0.3) is 0 Å². The highest BCUT2D eigenvalue weighted by Crippen LogP contribution is 2.46. The molecule has 0 bridgehead atoms. The van der Waals surface area contributed by atoms with Gasteiger partial charge in [-0.1, -0.05) is 72.8 Å². The second kappa shape index (κ2) is 8.72. The predicted molar refractivity (Wildman–Crippen MR) is 118 cm³/mol. The maximum atomic E-state index is 12.8. The number of methoxy groups -OCH3 is 2. The van der Waals surface area contributed by atoms with Crippen LogP contribution in [0.1, 0.15) is 29.5 Å². The zero-order valence-electron chi connectivity index (χ0n) is 17.5. The Hall–Kier alpha value is -3.11. The average molecular weight is 402 g/mol. The van der Waals surface area contributed by atoms with Crippen molar-refractivity contribution in [3.63, 3.8) is 0 Å². The second-order valence-electron chi connectivity index (χ2n) is 7.55. The van der Waals surface area contributed by atoms with Crippen molar-refractivity contribution in [3.8, 4) is 5.75 Å². The van der Waals surface area contributed by atoms with Gasteiger partial charge in [0.15, 0.2) is 0 Å². The van der Waals surface area contributed by atoms with Gasteiger partial charge < -0.3 is 9.47 Å². The number of ether oxygens (including phenoxy) is 2. The van der Waals surface area contributed by atoms with Crippen molar-refractivity contribution in [1.82, 2.24) is 4.90 Å². The number of carbonyl (C=O) groups excluding carboxylic acids is 1. The Morgan fingerprint density at radius 3 is 1.87 bits per heavy atom. The quantitative estimate of drug-likeness (QED) is 0.446. The lowest BCUT2D eigenvalue weighted by atomic mass is 9.75. The van der Waals surface area contributed by atoms with Crippen LogP contribution in [-0.4, -0.2) is 37.7 Å². The van der Waals surface area contributed by atoms with Gasteiger partial charge in [0.2, 0.25) is 0 Å². The number of carbonyl (C=O) groups is 1. The minimum absolute atomic E-state index is 0.183. The zero-order valence-corrected chi connectivity index (χ0v) is 17.5. The molecule has 0 aromatic heterocycles. The fourth-order valence-electron chi connectivity index (χ4n) is 4.74. The topological polar surface area (TPSA) is 38.8 Å². The molecule has 4 nitrogen and oxygen atoms in total. The summed E-state index contributed by atoms with van der Waals surface area (Å²) in [7, 11) is 3.14. The van der Waals surface area contributed by atoms with Crippen molar-refractivity contribution in [3.05, 3.63) is 102 Å². The molecule has 4 heteroatoms. The van der Waals surface area contributed by atoms with Crippen LogP contribution in [0.2, 0.25) is 0 Å². The smallest absolute Gasteiger partial charge is 0.323 e. The van der Waals surface area contributed by atoms with Gasteiger partial charge >= 0.3 is 5.97 Å². The molecule has 3 aromatic rings. The summed E-state index contributed by atoms with van der Waals surface area (Å²) in [5.74, 6) is 0.622. The van der Waals surface area contributed by atoms with Gasteiger partial charge in [-0.25, -0.2) is 0 Å². The molecule has 30 heavy (non-hydrogen) atoms. The van der Waals surface area contributed by atoms with Crippen LogP contribution in [0.4, 0.5) is 0 Å². The van der Waals surface area contributed by atoms with E-state index in [0.717, 1.165) is 41.8 Å². The Bertz CT molecular complexity index is 931. The van der Waals surface area contributed by atoms with Crippen molar-refractivity contribution in [2.24, 2.45) is 0 Å². The lowest BCUT2D eigenvalue weighted by Crippen LogP contribution is -2.53. The van der Waals surface area contributed by atoms with E-state index in [9.17, 15) is 4.79 Å². The normalized spacial score (nSPS) is 16.9. The summed E-state index contributed by atoms with van der Waals surface area (Å²) >= 11 is 0. The van der Waals surface area contributed by atoms with Crippen molar-refractivity contribution in [1.29, 1.82) is 0 Å². The Labute approximate surface area is 178 Å². The molecule has 1 fully saturated rings. The molecule has 3 aromatic carbocycles. The molecule has 0 radical (unpaired) electrons. The number of hydrogen-bond donors (Lipinski definition) is 0. The van der Waals surface area contributed by atoms with Gasteiger partial charge in [-0.3, -0.25) is 9.69 Å². The summed E-state index contributed by atoms with van der Waals surface area (Å²) in [6, 6.07) is 28.7. The van der Waals surface area contributed by atoms with Gasteiger partial charge in [0.1, 0.15) is 11.8 Å². The van der Waals surface area contributed by atoms with Crippen molar-refractivity contribution in [2.45, 2.75) is 24.4 Å². The summed E-state index contributed by atoms with van der Waals surface area (Å²) in [4.78, 5) is 15.1. The van der Waals surface area contributed by atoms with E-state index in [2.05, 4.69) is 65.6 Å². The van der Waals surface area contributed by atoms with Gasteiger partial charge in [-0.05, 0) is 41.7 Å². The molecule has 1 atom stereocenters. The van der Waals surface area contributed by atoms with Crippen LogP contribution in [0, 0.1) is 0 Å². The van der Waals surface area contributed by atoms with Gasteiger partial charge in [-0.2, -0.15) is 0 Å². The first-order chi connectivity index (χ1) is 14.7. The lowest BCUT2D eigenvalue weighted by molar-refractivity contribution is -0.147. The van der Waals surface area contributed by atoms with Gasteiger partial charge in [0, 0.05) is 6.54 Å². The Morgan fingerprint density at radius 1 is 0.833 bits per heavy atom. The molecule has 1 heterocycles. The van der Waals surface area contributed by atoms with E-state index in [1.54, 1.807) is 7.11 Å². The van der Waals surface area contributed by atoms with Crippen LogP contribution < -0.4 is 4.74 Å². The fourth-order valence-corrected chi connectivity index (χ4v) is 4.74. The highest BCUT2D eigenvalue weighted by molar-refractivity contribution is 5.76. The molecule has 1 saturated heterocycles. The Balaban J connectivity index is 2.02. The van der Waals surface area contributed by atoms with E-state index in [-0.39, 0.29) is 12.0 Å². The molecular weight excluding hydrogens is 374 g/mol. The third-order valence-electron chi connectivity index (χ3n) is 6.05. The molecule has 1 aliphatic rings. The third kappa shape index (κ3) is 3.37. The van der Waals surface area contributed by atoms with Crippen LogP contribution >= 0.6 is 0 Å². The molecule has 0 amide bonds. The standard InChI is InChI=1S/C26H27NO3/c1-29-23-17-15-22(16-18-23)26(20-10-5-3-6-11-20,21-12-7-4-8-13-21)27-19-9-14-24(27)25(28)30-2/h3-8,10-13,15-18,24H,9,14,19H2,1-2H3. The van der Waals surface area contributed by atoms with E-state index >= 15 is 0 Å². The van der Waals surface area contributed by atoms with Crippen LogP contribution in [0.3, 0.4) is 0 Å².